The summed E-state index contributed by atoms with van der Waals surface area (Å²) in [7, 11) is 0. The van der Waals surface area contributed by atoms with Crippen molar-refractivity contribution in [3.8, 4) is 5.75 Å². The number of benzene rings is 2. The minimum Gasteiger partial charge on any atom is -0.481 e. The van der Waals surface area contributed by atoms with Gasteiger partial charge in [-0.3, -0.25) is 9.69 Å². The molecule has 0 radical (unpaired) electrons. The molecule has 1 amide bonds. The lowest BCUT2D eigenvalue weighted by atomic mass is 10.2. The van der Waals surface area contributed by atoms with Crippen molar-refractivity contribution < 1.29 is 13.9 Å². The van der Waals surface area contributed by atoms with E-state index in [2.05, 4.69) is 4.98 Å². The van der Waals surface area contributed by atoms with Crippen molar-refractivity contribution in [3.63, 3.8) is 0 Å². The van der Waals surface area contributed by atoms with E-state index in [0.29, 0.717) is 22.2 Å². The summed E-state index contributed by atoms with van der Waals surface area (Å²) in [6.07, 6.45) is 0.839. The van der Waals surface area contributed by atoms with Gasteiger partial charge in [0.25, 0.3) is 5.91 Å². The van der Waals surface area contributed by atoms with E-state index in [1.165, 1.54) is 17.0 Å². The Labute approximate surface area is 168 Å². The standard InChI is InChI=1S/C22H20ClFN2O2/c1-15-12-19(9-10-20(15)23)28-16(2)22(27)26(21-8-3-4-11-25-21)14-17-6-5-7-18(24)13-17/h3-13,16H,14H2,1-2H3/t16-/m1/s1. The highest BCUT2D eigenvalue weighted by atomic mass is 35.5. The maximum absolute atomic E-state index is 13.6. The minimum atomic E-state index is -0.767. The van der Waals surface area contributed by atoms with Crippen LogP contribution in [0.5, 0.6) is 5.75 Å². The van der Waals surface area contributed by atoms with E-state index in [-0.39, 0.29) is 18.3 Å². The number of halogens is 2. The number of carbonyl (C=O) groups excluding carboxylic acids is 1. The first-order valence-corrected chi connectivity index (χ1v) is 9.21. The normalized spacial score (nSPS) is 11.7. The highest BCUT2D eigenvalue weighted by Gasteiger charge is 2.25. The van der Waals surface area contributed by atoms with E-state index in [1.807, 2.05) is 6.92 Å². The van der Waals surface area contributed by atoms with E-state index >= 15 is 0 Å². The number of aromatic nitrogens is 1. The summed E-state index contributed by atoms with van der Waals surface area (Å²) < 4.78 is 19.4. The molecule has 144 valence electrons. The van der Waals surface area contributed by atoms with Crippen LogP contribution in [0.25, 0.3) is 0 Å². The number of nitrogens with zero attached hydrogens (tertiary/aromatic N) is 2. The fourth-order valence-corrected chi connectivity index (χ4v) is 2.89. The number of anilines is 1. The molecule has 0 fully saturated rings. The van der Waals surface area contributed by atoms with Crippen LogP contribution in [-0.2, 0) is 11.3 Å². The molecule has 0 aliphatic heterocycles. The zero-order valence-electron chi connectivity index (χ0n) is 15.6. The van der Waals surface area contributed by atoms with Gasteiger partial charge in [-0.2, -0.15) is 0 Å². The molecule has 0 spiro atoms. The Kier molecular flexibility index (Phi) is 6.26. The molecule has 1 aromatic heterocycles. The average Bonchev–Trinajstić information content (AvgIpc) is 2.69. The number of aryl methyl sites for hydroxylation is 1. The van der Waals surface area contributed by atoms with Crippen molar-refractivity contribution in [3.05, 3.63) is 88.8 Å². The molecular formula is C22H20ClFN2O2. The Morgan fingerprint density at radius 2 is 2.00 bits per heavy atom. The molecule has 0 saturated carbocycles. The third-order valence-corrected chi connectivity index (χ3v) is 4.64. The fourth-order valence-electron chi connectivity index (χ4n) is 2.77. The summed E-state index contributed by atoms with van der Waals surface area (Å²) in [4.78, 5) is 18.9. The number of rotatable bonds is 6. The van der Waals surface area contributed by atoms with Crippen LogP contribution in [0.2, 0.25) is 5.02 Å². The first-order chi connectivity index (χ1) is 13.4. The van der Waals surface area contributed by atoms with E-state index in [4.69, 9.17) is 16.3 Å². The second-order valence-corrected chi connectivity index (χ2v) is 6.82. The quantitative estimate of drug-likeness (QED) is 0.574. The van der Waals surface area contributed by atoms with E-state index < -0.39 is 6.10 Å². The Morgan fingerprint density at radius 3 is 2.68 bits per heavy atom. The van der Waals surface area contributed by atoms with Crippen LogP contribution in [0.3, 0.4) is 0 Å². The van der Waals surface area contributed by atoms with Gasteiger partial charge in [-0.05, 0) is 67.4 Å². The van der Waals surface area contributed by atoms with Gasteiger partial charge in [0.1, 0.15) is 17.4 Å². The van der Waals surface area contributed by atoms with Crippen LogP contribution >= 0.6 is 11.6 Å². The molecule has 1 atom stereocenters. The number of amides is 1. The molecule has 6 heteroatoms. The molecule has 2 aromatic carbocycles. The Balaban J connectivity index is 1.84. The first kappa shape index (κ1) is 19.8. The smallest absolute Gasteiger partial charge is 0.269 e. The van der Waals surface area contributed by atoms with Crippen LogP contribution in [0.15, 0.2) is 66.9 Å². The number of ether oxygens (including phenoxy) is 1. The highest BCUT2D eigenvalue weighted by Crippen LogP contribution is 2.23. The van der Waals surface area contributed by atoms with Crippen molar-refractivity contribution >= 4 is 23.3 Å². The molecule has 1 heterocycles. The Bertz CT molecular complexity index is 966. The molecule has 0 unspecified atom stereocenters. The van der Waals surface area contributed by atoms with Gasteiger partial charge in [-0.25, -0.2) is 9.37 Å². The predicted octanol–water partition coefficient (Wildman–Crippen LogP) is 5.18. The van der Waals surface area contributed by atoms with Crippen molar-refractivity contribution in [2.75, 3.05) is 4.90 Å². The zero-order chi connectivity index (χ0) is 20.1. The minimum absolute atomic E-state index is 0.182. The highest BCUT2D eigenvalue weighted by molar-refractivity contribution is 6.31. The van der Waals surface area contributed by atoms with Gasteiger partial charge in [-0.15, -0.1) is 0 Å². The summed E-state index contributed by atoms with van der Waals surface area (Å²) in [5.74, 6) is 0.386. The monoisotopic (exact) mass is 398 g/mol. The van der Waals surface area contributed by atoms with Crippen LogP contribution in [0.4, 0.5) is 10.2 Å². The zero-order valence-corrected chi connectivity index (χ0v) is 16.4. The van der Waals surface area contributed by atoms with Gasteiger partial charge in [0.15, 0.2) is 6.10 Å². The second-order valence-electron chi connectivity index (χ2n) is 6.41. The predicted molar refractivity (Wildman–Crippen MR) is 108 cm³/mol. The topological polar surface area (TPSA) is 42.4 Å². The second kappa shape index (κ2) is 8.85. The molecule has 28 heavy (non-hydrogen) atoms. The van der Waals surface area contributed by atoms with Crippen molar-refractivity contribution in [1.82, 2.24) is 4.98 Å². The summed E-state index contributed by atoms with van der Waals surface area (Å²) in [6.45, 7) is 3.72. The number of hydrogen-bond acceptors (Lipinski definition) is 3. The van der Waals surface area contributed by atoms with Crippen LogP contribution in [0.1, 0.15) is 18.1 Å². The Morgan fingerprint density at radius 1 is 1.18 bits per heavy atom. The number of hydrogen-bond donors (Lipinski definition) is 0. The molecular weight excluding hydrogens is 379 g/mol. The van der Waals surface area contributed by atoms with Gasteiger partial charge < -0.3 is 4.74 Å². The van der Waals surface area contributed by atoms with Gasteiger partial charge in [-0.1, -0.05) is 29.8 Å². The maximum Gasteiger partial charge on any atom is 0.269 e. The molecule has 4 nitrogen and oxygen atoms in total. The number of pyridine rings is 1. The molecule has 0 N–H and O–H groups in total. The van der Waals surface area contributed by atoms with Crippen LogP contribution in [-0.4, -0.2) is 17.0 Å². The molecule has 3 rings (SSSR count). The average molecular weight is 399 g/mol. The molecule has 0 bridgehead atoms. The summed E-state index contributed by atoms with van der Waals surface area (Å²) in [6, 6.07) is 16.7. The third kappa shape index (κ3) is 4.87. The number of carbonyl (C=O) groups is 1. The maximum atomic E-state index is 13.6. The van der Waals surface area contributed by atoms with Crippen molar-refractivity contribution in [1.29, 1.82) is 0 Å². The van der Waals surface area contributed by atoms with Gasteiger partial charge in [0.05, 0.1) is 6.54 Å². The van der Waals surface area contributed by atoms with E-state index in [9.17, 15) is 9.18 Å². The summed E-state index contributed by atoms with van der Waals surface area (Å²) >= 11 is 6.04. The summed E-state index contributed by atoms with van der Waals surface area (Å²) in [5.41, 5.74) is 1.52. The van der Waals surface area contributed by atoms with E-state index in [0.717, 1.165) is 5.56 Å². The molecule has 3 aromatic rings. The van der Waals surface area contributed by atoms with Gasteiger partial charge in [0, 0.05) is 11.2 Å². The van der Waals surface area contributed by atoms with Gasteiger partial charge in [0.2, 0.25) is 0 Å². The van der Waals surface area contributed by atoms with Crippen LogP contribution in [0, 0.1) is 12.7 Å². The molecule has 0 saturated heterocycles. The van der Waals surface area contributed by atoms with Crippen molar-refractivity contribution in [2.45, 2.75) is 26.5 Å². The lowest BCUT2D eigenvalue weighted by Gasteiger charge is -2.25. The lowest BCUT2D eigenvalue weighted by Crippen LogP contribution is -2.40. The fraction of sp³-hybridized carbons (Fsp3) is 0.182. The molecule has 0 aliphatic rings. The first-order valence-electron chi connectivity index (χ1n) is 8.83. The van der Waals surface area contributed by atoms with Crippen LogP contribution < -0.4 is 9.64 Å². The third-order valence-electron chi connectivity index (χ3n) is 4.21. The van der Waals surface area contributed by atoms with E-state index in [1.54, 1.807) is 61.7 Å². The Hall–Kier alpha value is -2.92. The largest absolute Gasteiger partial charge is 0.481 e. The van der Waals surface area contributed by atoms with Gasteiger partial charge >= 0.3 is 0 Å². The summed E-state index contributed by atoms with van der Waals surface area (Å²) in [5, 5.41) is 0.632. The lowest BCUT2D eigenvalue weighted by molar-refractivity contribution is -0.124. The SMILES string of the molecule is Cc1cc(O[C@H](C)C(=O)N(Cc2cccc(F)c2)c2ccccn2)ccc1Cl. The van der Waals surface area contributed by atoms with Crippen molar-refractivity contribution in [2.24, 2.45) is 0 Å². The molecule has 0 aliphatic carbocycles.